The number of carbonyl (C=O) groups excluding carboxylic acids is 1. The topological polar surface area (TPSA) is 59.2 Å². The number of nitrogens with zero attached hydrogens (tertiary/aromatic N) is 2. The fourth-order valence-electron chi connectivity index (χ4n) is 2.65. The van der Waals surface area contributed by atoms with E-state index in [1.165, 1.54) is 0 Å². The summed E-state index contributed by atoms with van der Waals surface area (Å²) in [6, 6.07) is 6.22. The summed E-state index contributed by atoms with van der Waals surface area (Å²) in [6.45, 7) is 5.14. The third kappa shape index (κ3) is 3.01. The van der Waals surface area contributed by atoms with Crippen molar-refractivity contribution in [1.82, 2.24) is 9.88 Å². The van der Waals surface area contributed by atoms with Gasteiger partial charge in [0.2, 0.25) is 5.91 Å². The first-order valence-corrected chi connectivity index (χ1v) is 7.58. The molecule has 2 N–H and O–H groups in total. The van der Waals surface area contributed by atoms with E-state index in [1.807, 2.05) is 23.1 Å². The lowest BCUT2D eigenvalue weighted by molar-refractivity contribution is -0.143. The zero-order valence-electron chi connectivity index (χ0n) is 12.5. The summed E-state index contributed by atoms with van der Waals surface area (Å²) in [5.74, 6) is 0.207. The zero-order chi connectivity index (χ0) is 14.6. The summed E-state index contributed by atoms with van der Waals surface area (Å²) < 4.78 is 0. The van der Waals surface area contributed by atoms with Gasteiger partial charge < -0.3 is 10.6 Å². The molecule has 1 fully saturated rings. The van der Waals surface area contributed by atoms with Gasteiger partial charge in [0.05, 0.1) is 17.7 Å². The molecule has 2 rings (SSSR count). The maximum absolute atomic E-state index is 13.0. The highest BCUT2D eigenvalue weighted by atomic mass is 16.2. The van der Waals surface area contributed by atoms with Crippen LogP contribution in [0.1, 0.15) is 45.2 Å². The number of rotatable bonds is 7. The van der Waals surface area contributed by atoms with Crippen molar-refractivity contribution < 1.29 is 4.79 Å². The highest BCUT2D eigenvalue weighted by molar-refractivity contribution is 5.83. The van der Waals surface area contributed by atoms with Crippen molar-refractivity contribution in [2.75, 3.05) is 6.54 Å². The number of nitrogens with two attached hydrogens (primary N) is 1. The van der Waals surface area contributed by atoms with Gasteiger partial charge in [0, 0.05) is 18.8 Å². The van der Waals surface area contributed by atoms with Gasteiger partial charge in [-0.05, 0) is 37.8 Å². The van der Waals surface area contributed by atoms with Crippen LogP contribution in [0, 0.1) is 5.41 Å². The van der Waals surface area contributed by atoms with Crippen LogP contribution in [-0.2, 0) is 11.3 Å². The SMILES string of the molecule is CCC(CC)(CN)C(=O)N(Cc1ccccn1)C1CC1. The fraction of sp³-hybridized carbons (Fsp3) is 0.625. The Morgan fingerprint density at radius 2 is 2.10 bits per heavy atom. The number of carbonyl (C=O) groups is 1. The van der Waals surface area contributed by atoms with E-state index in [9.17, 15) is 4.79 Å². The molecular formula is C16H25N3O. The average Bonchev–Trinajstić information content (AvgIpc) is 3.33. The van der Waals surface area contributed by atoms with E-state index in [-0.39, 0.29) is 5.91 Å². The molecule has 1 aromatic rings. The molecule has 1 aliphatic carbocycles. The second-order valence-corrected chi connectivity index (χ2v) is 5.68. The van der Waals surface area contributed by atoms with E-state index in [0.717, 1.165) is 31.4 Å². The molecular weight excluding hydrogens is 250 g/mol. The van der Waals surface area contributed by atoms with Crippen LogP contribution in [0.25, 0.3) is 0 Å². The first-order chi connectivity index (χ1) is 9.66. The molecule has 1 heterocycles. The lowest BCUT2D eigenvalue weighted by atomic mass is 9.81. The maximum atomic E-state index is 13.0. The summed E-state index contributed by atoms with van der Waals surface area (Å²) in [7, 11) is 0. The average molecular weight is 275 g/mol. The normalized spacial score (nSPS) is 15.2. The molecule has 0 saturated heterocycles. The summed E-state index contributed by atoms with van der Waals surface area (Å²) >= 11 is 0. The minimum Gasteiger partial charge on any atom is -0.333 e. The molecule has 4 heteroatoms. The Hall–Kier alpha value is -1.42. The van der Waals surface area contributed by atoms with Gasteiger partial charge in [0.1, 0.15) is 0 Å². The van der Waals surface area contributed by atoms with Crippen molar-refractivity contribution >= 4 is 5.91 Å². The molecule has 110 valence electrons. The smallest absolute Gasteiger partial charge is 0.230 e. The second kappa shape index (κ2) is 6.35. The molecule has 0 aliphatic heterocycles. The summed E-state index contributed by atoms with van der Waals surface area (Å²) in [6.07, 6.45) is 5.58. The van der Waals surface area contributed by atoms with Gasteiger partial charge >= 0.3 is 0 Å². The number of pyridine rings is 1. The van der Waals surface area contributed by atoms with Crippen LogP contribution in [0.2, 0.25) is 0 Å². The van der Waals surface area contributed by atoms with Gasteiger partial charge in [-0.25, -0.2) is 0 Å². The van der Waals surface area contributed by atoms with Gasteiger partial charge in [-0.1, -0.05) is 19.9 Å². The van der Waals surface area contributed by atoms with Crippen LogP contribution < -0.4 is 5.73 Å². The molecule has 0 spiro atoms. The highest BCUT2D eigenvalue weighted by Crippen LogP contribution is 2.35. The Morgan fingerprint density at radius 1 is 1.40 bits per heavy atom. The van der Waals surface area contributed by atoms with E-state index in [1.54, 1.807) is 6.20 Å². The van der Waals surface area contributed by atoms with Gasteiger partial charge in [-0.3, -0.25) is 9.78 Å². The van der Waals surface area contributed by atoms with E-state index < -0.39 is 5.41 Å². The minimum atomic E-state index is -0.405. The number of hydrogen-bond donors (Lipinski definition) is 1. The predicted molar refractivity (Wildman–Crippen MR) is 79.9 cm³/mol. The van der Waals surface area contributed by atoms with Crippen LogP contribution >= 0.6 is 0 Å². The molecule has 0 bridgehead atoms. The Kier molecular flexibility index (Phi) is 4.76. The molecule has 0 aromatic carbocycles. The van der Waals surface area contributed by atoms with Gasteiger partial charge in [0.15, 0.2) is 0 Å². The van der Waals surface area contributed by atoms with Gasteiger partial charge in [-0.15, -0.1) is 0 Å². The standard InChI is InChI=1S/C16H25N3O/c1-3-16(4-2,12-17)15(20)19(14-8-9-14)11-13-7-5-6-10-18-13/h5-7,10,14H,3-4,8-9,11-12,17H2,1-2H3. The lowest BCUT2D eigenvalue weighted by Gasteiger charge is -2.35. The van der Waals surface area contributed by atoms with E-state index in [4.69, 9.17) is 5.73 Å². The first kappa shape index (κ1) is 15.0. The number of amides is 1. The van der Waals surface area contributed by atoms with Crippen LogP contribution in [0.3, 0.4) is 0 Å². The molecule has 1 saturated carbocycles. The van der Waals surface area contributed by atoms with Crippen molar-refractivity contribution in [3.05, 3.63) is 30.1 Å². The summed E-state index contributed by atoms with van der Waals surface area (Å²) in [5.41, 5.74) is 6.46. The van der Waals surface area contributed by atoms with Crippen LogP contribution in [0.4, 0.5) is 0 Å². The maximum Gasteiger partial charge on any atom is 0.230 e. The number of aromatic nitrogens is 1. The first-order valence-electron chi connectivity index (χ1n) is 7.58. The Labute approximate surface area is 121 Å². The van der Waals surface area contributed by atoms with Crippen molar-refractivity contribution in [2.45, 2.75) is 52.1 Å². The Bertz CT molecular complexity index is 430. The Morgan fingerprint density at radius 3 is 2.55 bits per heavy atom. The monoisotopic (exact) mass is 275 g/mol. The molecule has 1 aliphatic rings. The van der Waals surface area contributed by atoms with Gasteiger partial charge in [-0.2, -0.15) is 0 Å². The van der Waals surface area contributed by atoms with Crippen LogP contribution in [0.5, 0.6) is 0 Å². The quantitative estimate of drug-likeness (QED) is 0.831. The lowest BCUT2D eigenvalue weighted by Crippen LogP contribution is -2.48. The van der Waals surface area contributed by atoms with Crippen molar-refractivity contribution in [3.8, 4) is 0 Å². The van der Waals surface area contributed by atoms with Crippen molar-refractivity contribution in [2.24, 2.45) is 11.1 Å². The van der Waals surface area contributed by atoms with Crippen LogP contribution in [0.15, 0.2) is 24.4 Å². The number of hydrogen-bond acceptors (Lipinski definition) is 3. The molecule has 0 radical (unpaired) electrons. The summed E-state index contributed by atoms with van der Waals surface area (Å²) in [5, 5.41) is 0. The third-order valence-electron chi connectivity index (χ3n) is 4.50. The van der Waals surface area contributed by atoms with Crippen LogP contribution in [-0.4, -0.2) is 28.4 Å². The molecule has 1 amide bonds. The van der Waals surface area contributed by atoms with E-state index in [2.05, 4.69) is 18.8 Å². The fourth-order valence-corrected chi connectivity index (χ4v) is 2.65. The molecule has 4 nitrogen and oxygen atoms in total. The van der Waals surface area contributed by atoms with E-state index in [0.29, 0.717) is 19.1 Å². The molecule has 1 aromatic heterocycles. The largest absolute Gasteiger partial charge is 0.333 e. The molecule has 0 atom stereocenters. The molecule has 0 unspecified atom stereocenters. The van der Waals surface area contributed by atoms with Gasteiger partial charge in [0.25, 0.3) is 0 Å². The summed E-state index contributed by atoms with van der Waals surface area (Å²) in [4.78, 5) is 19.3. The van der Waals surface area contributed by atoms with E-state index >= 15 is 0 Å². The van der Waals surface area contributed by atoms with Crippen molar-refractivity contribution in [3.63, 3.8) is 0 Å². The highest BCUT2D eigenvalue weighted by Gasteiger charge is 2.42. The third-order valence-corrected chi connectivity index (χ3v) is 4.50. The van der Waals surface area contributed by atoms with Crippen molar-refractivity contribution in [1.29, 1.82) is 0 Å². The molecule has 20 heavy (non-hydrogen) atoms. The second-order valence-electron chi connectivity index (χ2n) is 5.68. The zero-order valence-corrected chi connectivity index (χ0v) is 12.5. The minimum absolute atomic E-state index is 0.207. The Balaban J connectivity index is 2.18. The predicted octanol–water partition coefficient (Wildman–Crippen LogP) is 2.34.